The van der Waals surface area contributed by atoms with Crippen molar-refractivity contribution in [3.05, 3.63) is 52.7 Å². The van der Waals surface area contributed by atoms with E-state index in [0.29, 0.717) is 34.7 Å². The fourth-order valence-electron chi connectivity index (χ4n) is 4.02. The number of carbonyl (C=O) groups excluding carboxylic acids is 3. The fraction of sp³-hybridized carbons (Fsp3) is 0.481. The molecule has 1 aromatic carbocycles. The van der Waals surface area contributed by atoms with Crippen LogP contribution in [0, 0.1) is 5.92 Å². The number of likely N-dealkylation sites (N-methyl/N-ethyl adjacent to an activating group) is 1. The zero-order valence-corrected chi connectivity index (χ0v) is 21.9. The molecule has 0 aromatic heterocycles. The number of hydrogen-bond donors (Lipinski definition) is 0. The topological polar surface area (TPSA) is 94.5 Å². The summed E-state index contributed by atoms with van der Waals surface area (Å²) in [6, 6.07) is 7.30. The van der Waals surface area contributed by atoms with Gasteiger partial charge in [0.05, 0.1) is 25.0 Å². The van der Waals surface area contributed by atoms with Gasteiger partial charge in [0, 0.05) is 24.3 Å². The maximum atomic E-state index is 13.1. The van der Waals surface area contributed by atoms with Crippen LogP contribution < -0.4 is 0 Å². The molecule has 2 rings (SSSR count). The predicted molar refractivity (Wildman–Crippen MR) is 135 cm³/mol. The van der Waals surface area contributed by atoms with E-state index >= 15 is 0 Å². The highest BCUT2D eigenvalue weighted by molar-refractivity contribution is 6.07. The van der Waals surface area contributed by atoms with Gasteiger partial charge < -0.3 is 19.1 Å². The molecule has 0 fully saturated rings. The number of esters is 3. The molecule has 1 heterocycles. The molecule has 0 saturated carbocycles. The lowest BCUT2D eigenvalue weighted by Crippen LogP contribution is -2.38. The highest BCUT2D eigenvalue weighted by Gasteiger charge is 2.43. The first kappa shape index (κ1) is 28.0. The molecule has 2 unspecified atom stereocenters. The SMILES string of the molecule is CCOC(=O)C1C(C)=NC(CN(C)C)=C(C(=O)OC)C1c1ccccc1C=CC(=O)OC(C)(C)C. The Morgan fingerprint density at radius 2 is 1.80 bits per heavy atom. The Morgan fingerprint density at radius 1 is 1.14 bits per heavy atom. The third kappa shape index (κ3) is 7.36. The van der Waals surface area contributed by atoms with Gasteiger partial charge in [0.15, 0.2) is 0 Å². The largest absolute Gasteiger partial charge is 0.466 e. The summed E-state index contributed by atoms with van der Waals surface area (Å²) in [5, 5.41) is 0. The van der Waals surface area contributed by atoms with Gasteiger partial charge in [-0.1, -0.05) is 24.3 Å². The summed E-state index contributed by atoms with van der Waals surface area (Å²) in [5.74, 6) is -3.08. The number of carbonyl (C=O) groups is 3. The Kier molecular flexibility index (Phi) is 9.54. The minimum absolute atomic E-state index is 0.192. The van der Waals surface area contributed by atoms with Crippen LogP contribution in [0.1, 0.15) is 51.7 Å². The summed E-state index contributed by atoms with van der Waals surface area (Å²) < 4.78 is 15.9. The van der Waals surface area contributed by atoms with E-state index in [-0.39, 0.29) is 6.61 Å². The van der Waals surface area contributed by atoms with Gasteiger partial charge in [0.1, 0.15) is 11.5 Å². The van der Waals surface area contributed by atoms with Crippen LogP contribution in [0.25, 0.3) is 6.08 Å². The number of ether oxygens (including phenoxy) is 3. The number of nitrogens with zero attached hydrogens (tertiary/aromatic N) is 2. The molecule has 35 heavy (non-hydrogen) atoms. The van der Waals surface area contributed by atoms with Crippen LogP contribution in [-0.4, -0.2) is 68.5 Å². The van der Waals surface area contributed by atoms with Crippen molar-refractivity contribution in [2.24, 2.45) is 10.9 Å². The van der Waals surface area contributed by atoms with Crippen LogP contribution in [0.15, 0.2) is 46.6 Å². The van der Waals surface area contributed by atoms with E-state index in [1.54, 1.807) is 40.7 Å². The fourth-order valence-corrected chi connectivity index (χ4v) is 4.02. The second kappa shape index (κ2) is 11.9. The van der Waals surface area contributed by atoms with Crippen LogP contribution >= 0.6 is 0 Å². The maximum absolute atomic E-state index is 13.1. The number of aliphatic imine (C=N–C) groups is 1. The van der Waals surface area contributed by atoms with Crippen molar-refractivity contribution < 1.29 is 28.6 Å². The highest BCUT2D eigenvalue weighted by Crippen LogP contribution is 2.42. The molecular weight excluding hydrogens is 448 g/mol. The average Bonchev–Trinajstić information content (AvgIpc) is 2.75. The minimum atomic E-state index is -0.828. The maximum Gasteiger partial charge on any atom is 0.336 e. The van der Waals surface area contributed by atoms with E-state index in [9.17, 15) is 14.4 Å². The normalized spacial score (nSPS) is 18.5. The van der Waals surface area contributed by atoms with Crippen molar-refractivity contribution in [1.82, 2.24) is 4.90 Å². The molecule has 8 nitrogen and oxygen atoms in total. The van der Waals surface area contributed by atoms with Gasteiger partial charge >= 0.3 is 17.9 Å². The molecule has 0 N–H and O–H groups in total. The Morgan fingerprint density at radius 3 is 2.37 bits per heavy atom. The lowest BCUT2D eigenvalue weighted by Gasteiger charge is -2.33. The van der Waals surface area contributed by atoms with Gasteiger partial charge in [-0.05, 0) is 65.9 Å². The third-order valence-electron chi connectivity index (χ3n) is 5.27. The Balaban J connectivity index is 2.72. The summed E-state index contributed by atoms with van der Waals surface area (Å²) in [4.78, 5) is 45.1. The first-order valence-corrected chi connectivity index (χ1v) is 11.6. The Hall–Kier alpha value is -3.26. The summed E-state index contributed by atoms with van der Waals surface area (Å²) in [5.41, 5.74) is 2.08. The van der Waals surface area contributed by atoms with Crippen molar-refractivity contribution in [2.75, 3.05) is 34.4 Å². The molecule has 0 bridgehead atoms. The van der Waals surface area contributed by atoms with Gasteiger partial charge in [-0.15, -0.1) is 0 Å². The summed E-state index contributed by atoms with van der Waals surface area (Å²) in [7, 11) is 5.05. The summed E-state index contributed by atoms with van der Waals surface area (Å²) in [6.07, 6.45) is 2.97. The van der Waals surface area contributed by atoms with Crippen LogP contribution in [0.4, 0.5) is 0 Å². The zero-order valence-electron chi connectivity index (χ0n) is 21.9. The first-order chi connectivity index (χ1) is 16.4. The molecule has 0 spiro atoms. The number of hydrogen-bond acceptors (Lipinski definition) is 8. The Labute approximate surface area is 207 Å². The zero-order chi connectivity index (χ0) is 26.3. The molecule has 0 aliphatic carbocycles. The lowest BCUT2D eigenvalue weighted by molar-refractivity contribution is -0.149. The molecule has 0 radical (unpaired) electrons. The molecule has 0 amide bonds. The number of rotatable bonds is 8. The summed E-state index contributed by atoms with van der Waals surface area (Å²) in [6.45, 7) is 9.44. The first-order valence-electron chi connectivity index (χ1n) is 11.6. The molecule has 2 atom stereocenters. The van der Waals surface area contributed by atoms with E-state index in [2.05, 4.69) is 4.99 Å². The number of benzene rings is 1. The predicted octanol–water partition coefficient (Wildman–Crippen LogP) is 3.77. The quantitative estimate of drug-likeness (QED) is 0.315. The molecule has 1 aromatic rings. The van der Waals surface area contributed by atoms with Gasteiger partial charge in [-0.25, -0.2) is 9.59 Å². The third-order valence-corrected chi connectivity index (χ3v) is 5.27. The Bertz CT molecular complexity index is 1050. The molecular formula is C27H36N2O6. The van der Waals surface area contributed by atoms with Crippen molar-refractivity contribution >= 4 is 29.7 Å². The van der Waals surface area contributed by atoms with E-state index in [1.165, 1.54) is 13.2 Å². The van der Waals surface area contributed by atoms with Crippen LogP contribution in [-0.2, 0) is 28.6 Å². The van der Waals surface area contributed by atoms with Gasteiger partial charge in [0.25, 0.3) is 0 Å². The molecule has 190 valence electrons. The molecule has 1 aliphatic heterocycles. The number of methoxy groups -OCH3 is 1. The van der Waals surface area contributed by atoms with Crippen LogP contribution in [0.5, 0.6) is 0 Å². The van der Waals surface area contributed by atoms with Crippen molar-refractivity contribution in [3.8, 4) is 0 Å². The standard InChI is InChI=1S/C27H36N2O6/c1-9-34-26(32)22-17(2)28-20(16-29(6)7)24(25(31)33-8)23(22)19-13-11-10-12-18(19)14-15-21(30)35-27(3,4)5/h10-15,22-23H,9,16H2,1-8H3. The van der Waals surface area contributed by atoms with Crippen molar-refractivity contribution in [2.45, 2.75) is 46.1 Å². The van der Waals surface area contributed by atoms with E-state index < -0.39 is 35.3 Å². The smallest absolute Gasteiger partial charge is 0.336 e. The van der Waals surface area contributed by atoms with Gasteiger partial charge in [-0.2, -0.15) is 0 Å². The van der Waals surface area contributed by atoms with Crippen molar-refractivity contribution in [3.63, 3.8) is 0 Å². The molecule has 8 heteroatoms. The molecule has 1 aliphatic rings. The lowest BCUT2D eigenvalue weighted by atomic mass is 9.74. The van der Waals surface area contributed by atoms with Gasteiger partial charge in [0.2, 0.25) is 0 Å². The monoisotopic (exact) mass is 484 g/mol. The van der Waals surface area contributed by atoms with E-state index in [4.69, 9.17) is 14.2 Å². The minimum Gasteiger partial charge on any atom is -0.466 e. The second-order valence-corrected chi connectivity index (χ2v) is 9.55. The van der Waals surface area contributed by atoms with Crippen molar-refractivity contribution in [1.29, 1.82) is 0 Å². The average molecular weight is 485 g/mol. The highest BCUT2D eigenvalue weighted by atomic mass is 16.6. The summed E-state index contributed by atoms with van der Waals surface area (Å²) >= 11 is 0. The van der Waals surface area contributed by atoms with E-state index in [0.717, 1.165) is 0 Å². The van der Waals surface area contributed by atoms with Crippen LogP contribution in [0.3, 0.4) is 0 Å². The van der Waals surface area contributed by atoms with Gasteiger partial charge in [-0.3, -0.25) is 9.79 Å². The van der Waals surface area contributed by atoms with E-state index in [1.807, 2.05) is 43.3 Å². The van der Waals surface area contributed by atoms with Crippen LogP contribution in [0.2, 0.25) is 0 Å². The second-order valence-electron chi connectivity index (χ2n) is 9.55. The molecule has 0 saturated heterocycles.